The molecule has 0 spiro atoms. The highest BCUT2D eigenvalue weighted by atomic mass is 32.2. The van der Waals surface area contributed by atoms with Crippen LogP contribution in [0.15, 0.2) is 29.3 Å². The minimum Gasteiger partial charge on any atom is -0.465 e. The van der Waals surface area contributed by atoms with Crippen LogP contribution in [-0.2, 0) is 43.5 Å². The minimum atomic E-state index is -4.07. The van der Waals surface area contributed by atoms with Gasteiger partial charge in [0.1, 0.15) is 16.5 Å². The van der Waals surface area contributed by atoms with Gasteiger partial charge in [0.05, 0.1) is 22.9 Å². The van der Waals surface area contributed by atoms with Gasteiger partial charge in [0.2, 0.25) is 5.91 Å². The molecule has 0 fully saturated rings. The molecule has 0 aliphatic heterocycles. The highest BCUT2D eigenvalue weighted by Crippen LogP contribution is 2.39. The first-order valence-corrected chi connectivity index (χ1v) is 14.1. The molecular formula is C22H23N3O6S3. The van der Waals surface area contributed by atoms with Crippen LogP contribution < -0.4 is 10.1 Å². The number of sulfone groups is 1. The Hall–Kier alpha value is -2.83. The van der Waals surface area contributed by atoms with E-state index >= 15 is 0 Å². The van der Waals surface area contributed by atoms with Crippen molar-refractivity contribution in [2.75, 3.05) is 23.9 Å². The summed E-state index contributed by atoms with van der Waals surface area (Å²) in [6.07, 6.45) is 2.41. The Morgan fingerprint density at radius 2 is 1.91 bits per heavy atom. The summed E-state index contributed by atoms with van der Waals surface area (Å²) in [7, 11) is -2.82. The predicted molar refractivity (Wildman–Crippen MR) is 131 cm³/mol. The number of hydrogen-bond acceptors (Lipinski definition) is 8. The molecule has 1 aromatic carbocycles. The molecule has 1 N–H and O–H groups in total. The fourth-order valence-electron chi connectivity index (χ4n) is 3.96. The number of hydrogen-bond donors (Lipinski definition) is 1. The van der Waals surface area contributed by atoms with Crippen molar-refractivity contribution >= 4 is 65.5 Å². The van der Waals surface area contributed by atoms with Crippen molar-refractivity contribution in [3.63, 3.8) is 0 Å². The maximum Gasteiger partial charge on any atom is 0.341 e. The fourth-order valence-corrected chi connectivity index (χ4v) is 7.38. The highest BCUT2D eigenvalue weighted by Gasteiger charge is 2.29. The number of thiophene rings is 1. The van der Waals surface area contributed by atoms with Gasteiger partial charge in [-0.25, -0.2) is 13.2 Å². The molecule has 0 unspecified atom stereocenters. The second-order valence-corrected chi connectivity index (χ2v) is 11.9. The van der Waals surface area contributed by atoms with Gasteiger partial charge in [0.15, 0.2) is 14.6 Å². The van der Waals surface area contributed by atoms with Crippen molar-refractivity contribution in [1.29, 1.82) is 0 Å². The third-order valence-electron chi connectivity index (χ3n) is 5.38. The van der Waals surface area contributed by atoms with E-state index < -0.39 is 39.1 Å². The van der Waals surface area contributed by atoms with Crippen molar-refractivity contribution in [3.05, 3.63) is 45.1 Å². The number of rotatable bonds is 7. The topological polar surface area (TPSA) is 124 Å². The standard InChI is InChI=1S/C22H23N3O6S3/c1-3-25-14-8-4-5-9-16(14)33-22(25)24-18(27)12-34(29,30)11-17(26)23-20-19(21(28)31-2)13-7-6-10-15(13)32-20/h4-5,8-9H,3,6-7,10-12H2,1-2H3,(H,23,26). The first-order chi connectivity index (χ1) is 16.2. The van der Waals surface area contributed by atoms with Crippen LogP contribution in [0.1, 0.15) is 34.1 Å². The van der Waals surface area contributed by atoms with E-state index in [1.165, 1.54) is 29.8 Å². The van der Waals surface area contributed by atoms with Crippen LogP contribution in [0.25, 0.3) is 10.2 Å². The third-order valence-corrected chi connectivity index (χ3v) is 9.04. The van der Waals surface area contributed by atoms with Gasteiger partial charge in [-0.15, -0.1) is 11.3 Å². The Morgan fingerprint density at radius 1 is 1.15 bits per heavy atom. The molecule has 12 heteroatoms. The summed E-state index contributed by atoms with van der Waals surface area (Å²) in [5.41, 5.74) is 2.04. The van der Waals surface area contributed by atoms with Crippen molar-refractivity contribution in [3.8, 4) is 0 Å². The maximum absolute atomic E-state index is 12.5. The smallest absolute Gasteiger partial charge is 0.341 e. The van der Waals surface area contributed by atoms with Crippen LogP contribution in [-0.4, -0.2) is 49.4 Å². The summed E-state index contributed by atoms with van der Waals surface area (Å²) >= 11 is 2.55. The minimum absolute atomic E-state index is 0.280. The highest BCUT2D eigenvalue weighted by molar-refractivity contribution is 7.92. The molecule has 2 aromatic heterocycles. The summed E-state index contributed by atoms with van der Waals surface area (Å²) in [6, 6.07) is 7.56. The summed E-state index contributed by atoms with van der Waals surface area (Å²) in [6.45, 7) is 2.48. The summed E-state index contributed by atoms with van der Waals surface area (Å²) in [5.74, 6) is -4.00. The number of nitrogens with one attached hydrogen (secondary N) is 1. The monoisotopic (exact) mass is 521 g/mol. The first-order valence-electron chi connectivity index (χ1n) is 10.6. The molecule has 9 nitrogen and oxygen atoms in total. The number of aryl methyl sites for hydroxylation is 2. The molecule has 4 rings (SSSR count). The molecule has 34 heavy (non-hydrogen) atoms. The Kier molecular flexibility index (Phi) is 7.01. The molecular weight excluding hydrogens is 498 g/mol. The number of fused-ring (bicyclic) bond motifs is 2. The number of methoxy groups -OCH3 is 1. The zero-order chi connectivity index (χ0) is 24.5. The second-order valence-electron chi connectivity index (χ2n) is 7.74. The van der Waals surface area contributed by atoms with E-state index in [1.54, 1.807) is 0 Å². The van der Waals surface area contributed by atoms with Gasteiger partial charge in [0.25, 0.3) is 5.91 Å². The van der Waals surface area contributed by atoms with Crippen molar-refractivity contribution in [1.82, 2.24) is 4.57 Å². The van der Waals surface area contributed by atoms with Crippen LogP contribution >= 0.6 is 22.7 Å². The zero-order valence-corrected chi connectivity index (χ0v) is 21.1. The SMILES string of the molecule is CCn1c(=NC(=O)CS(=O)(=O)CC(=O)Nc2sc3c(c2C(=O)OC)CCC3)sc2ccccc21. The molecule has 0 saturated heterocycles. The molecule has 2 amide bonds. The molecule has 0 bridgehead atoms. The van der Waals surface area contributed by atoms with E-state index in [9.17, 15) is 22.8 Å². The van der Waals surface area contributed by atoms with Gasteiger partial charge >= 0.3 is 5.97 Å². The summed E-state index contributed by atoms with van der Waals surface area (Å²) in [4.78, 5) is 42.5. The number of anilines is 1. The molecule has 1 aliphatic carbocycles. The average molecular weight is 522 g/mol. The normalized spacial score (nSPS) is 13.8. The van der Waals surface area contributed by atoms with E-state index in [2.05, 4.69) is 10.3 Å². The number of thiazole rings is 1. The third kappa shape index (κ3) is 4.98. The fraction of sp³-hybridized carbons (Fsp3) is 0.364. The Labute approximate surface area is 204 Å². The quantitative estimate of drug-likeness (QED) is 0.477. The van der Waals surface area contributed by atoms with E-state index in [-0.39, 0.29) is 10.6 Å². The zero-order valence-electron chi connectivity index (χ0n) is 18.6. The number of amides is 2. The first kappa shape index (κ1) is 24.3. The largest absolute Gasteiger partial charge is 0.465 e. The number of nitrogens with zero attached hydrogens (tertiary/aromatic N) is 2. The van der Waals surface area contributed by atoms with Gasteiger partial charge < -0.3 is 14.6 Å². The van der Waals surface area contributed by atoms with Crippen LogP contribution in [0.3, 0.4) is 0 Å². The molecule has 3 aromatic rings. The molecule has 2 heterocycles. The number of para-hydroxylation sites is 1. The molecule has 0 radical (unpaired) electrons. The molecule has 1 aliphatic rings. The van der Waals surface area contributed by atoms with Crippen molar-refractivity contribution in [2.24, 2.45) is 4.99 Å². The van der Waals surface area contributed by atoms with Gasteiger partial charge in [0, 0.05) is 11.4 Å². The lowest BCUT2D eigenvalue weighted by Gasteiger charge is -2.07. The number of aromatic nitrogens is 1. The van der Waals surface area contributed by atoms with Gasteiger partial charge in [-0.2, -0.15) is 4.99 Å². The van der Waals surface area contributed by atoms with Crippen LogP contribution in [0.5, 0.6) is 0 Å². The summed E-state index contributed by atoms with van der Waals surface area (Å²) in [5, 5.41) is 2.81. The number of ether oxygens (including phenoxy) is 1. The van der Waals surface area contributed by atoms with Gasteiger partial charge in [-0.05, 0) is 43.9 Å². The lowest BCUT2D eigenvalue weighted by atomic mass is 10.1. The lowest BCUT2D eigenvalue weighted by Crippen LogP contribution is -2.28. The number of carbonyl (C=O) groups excluding carboxylic acids is 3. The molecule has 0 atom stereocenters. The van der Waals surface area contributed by atoms with Crippen LogP contribution in [0.4, 0.5) is 5.00 Å². The van der Waals surface area contributed by atoms with Crippen LogP contribution in [0.2, 0.25) is 0 Å². The Morgan fingerprint density at radius 3 is 2.65 bits per heavy atom. The van der Waals surface area contributed by atoms with E-state index in [4.69, 9.17) is 4.74 Å². The van der Waals surface area contributed by atoms with Crippen LogP contribution in [0, 0.1) is 0 Å². The number of carbonyl (C=O) groups is 3. The molecule has 0 saturated carbocycles. The average Bonchev–Trinajstić information content (AvgIpc) is 3.44. The number of benzene rings is 1. The lowest BCUT2D eigenvalue weighted by molar-refractivity contribution is -0.115. The van der Waals surface area contributed by atoms with E-state index in [0.717, 1.165) is 33.5 Å². The number of esters is 1. The second kappa shape index (κ2) is 9.80. The Bertz CT molecular complexity index is 1460. The maximum atomic E-state index is 12.5. The van der Waals surface area contributed by atoms with E-state index in [1.807, 2.05) is 35.8 Å². The van der Waals surface area contributed by atoms with Crippen molar-refractivity contribution < 1.29 is 27.5 Å². The van der Waals surface area contributed by atoms with E-state index in [0.29, 0.717) is 17.8 Å². The molecule has 180 valence electrons. The van der Waals surface area contributed by atoms with Gasteiger partial charge in [-0.1, -0.05) is 23.5 Å². The Balaban J connectivity index is 1.48. The summed E-state index contributed by atoms with van der Waals surface area (Å²) < 4.78 is 32.7. The van der Waals surface area contributed by atoms with Crippen molar-refractivity contribution in [2.45, 2.75) is 32.7 Å². The predicted octanol–water partition coefficient (Wildman–Crippen LogP) is 2.54. The van der Waals surface area contributed by atoms with Gasteiger partial charge in [-0.3, -0.25) is 9.59 Å².